The number of esters is 1. The summed E-state index contributed by atoms with van der Waals surface area (Å²) in [6.07, 6.45) is 3.16. The van der Waals surface area contributed by atoms with Crippen molar-refractivity contribution in [2.24, 2.45) is 0 Å². The number of rotatable bonds is 11. The van der Waals surface area contributed by atoms with Crippen molar-refractivity contribution in [3.8, 4) is 0 Å². The molecule has 11 heteroatoms. The molecule has 0 bridgehead atoms. The lowest BCUT2D eigenvalue weighted by Crippen LogP contribution is -2.10. The van der Waals surface area contributed by atoms with E-state index in [0.29, 0.717) is 37.2 Å². The molecular formula is C24H26N6O4S. The highest BCUT2D eigenvalue weighted by molar-refractivity contribution is 7.80. The third-order valence-electron chi connectivity index (χ3n) is 5.59. The fourth-order valence-electron chi connectivity index (χ4n) is 4.01. The predicted molar refractivity (Wildman–Crippen MR) is 135 cm³/mol. The molecule has 0 saturated carbocycles. The number of carbonyl (C=O) groups is 2. The largest absolute Gasteiger partial charge is 0.466 e. The molecule has 0 amide bonds. The van der Waals surface area contributed by atoms with Crippen LogP contribution in [0.5, 0.6) is 0 Å². The normalized spacial score (nSPS) is 12.2. The highest BCUT2D eigenvalue weighted by atomic mass is 32.1. The Morgan fingerprint density at radius 1 is 1.20 bits per heavy atom. The fourth-order valence-corrected chi connectivity index (χ4v) is 4.31. The number of allylic oxidation sites excluding steroid dienone is 1. The van der Waals surface area contributed by atoms with Gasteiger partial charge in [0.25, 0.3) is 0 Å². The molecule has 0 fully saturated rings. The first kappa shape index (κ1) is 24.4. The standard InChI is InChI=1S/C24H26N6O4S/c1-3-13-30-15-10-6-5-9-14(15)18-23(30)27-22(29-28-18)21(35)20-19(25-24(33)26-20)16(31)11-7-8-12-17(32)34-4-2/h3,5-6,9-10,21,35H,1,4,7-8,11-13H2,2H3,(H2,25,26,33). The fraction of sp³-hybridized carbons (Fsp3) is 0.333. The Balaban J connectivity index is 1.60. The van der Waals surface area contributed by atoms with Crippen LogP contribution >= 0.6 is 12.6 Å². The average molecular weight is 495 g/mol. The van der Waals surface area contributed by atoms with Gasteiger partial charge in [0.05, 0.1) is 17.8 Å². The number of unbranched alkanes of at least 4 members (excludes halogenated alkanes) is 1. The summed E-state index contributed by atoms with van der Waals surface area (Å²) in [5.41, 5.74) is 2.09. The zero-order valence-electron chi connectivity index (χ0n) is 19.3. The first-order valence-electron chi connectivity index (χ1n) is 11.4. The Kier molecular flexibility index (Phi) is 7.45. The zero-order valence-corrected chi connectivity index (χ0v) is 20.2. The van der Waals surface area contributed by atoms with Crippen LogP contribution in [0.4, 0.5) is 0 Å². The smallest absolute Gasteiger partial charge is 0.323 e. The van der Waals surface area contributed by atoms with E-state index in [1.807, 2.05) is 28.8 Å². The van der Waals surface area contributed by atoms with Gasteiger partial charge >= 0.3 is 11.7 Å². The summed E-state index contributed by atoms with van der Waals surface area (Å²) in [6, 6.07) is 7.79. The van der Waals surface area contributed by atoms with Crippen molar-refractivity contribution in [2.45, 2.75) is 44.4 Å². The van der Waals surface area contributed by atoms with E-state index >= 15 is 0 Å². The number of nitrogens with one attached hydrogen (secondary N) is 2. The van der Waals surface area contributed by atoms with E-state index in [1.165, 1.54) is 0 Å². The Labute approximate surface area is 206 Å². The summed E-state index contributed by atoms with van der Waals surface area (Å²) < 4.78 is 6.87. The molecule has 0 radical (unpaired) electrons. The number of fused-ring (bicyclic) bond motifs is 3. The van der Waals surface area contributed by atoms with Gasteiger partial charge in [-0.05, 0) is 25.8 Å². The number of Topliss-reactive ketones (excluding diaryl/α,β-unsaturated/α-hetero) is 1. The summed E-state index contributed by atoms with van der Waals surface area (Å²) in [4.78, 5) is 46.3. The lowest BCUT2D eigenvalue weighted by molar-refractivity contribution is -0.143. The molecule has 35 heavy (non-hydrogen) atoms. The number of H-pyrrole nitrogens is 2. The Morgan fingerprint density at radius 2 is 1.97 bits per heavy atom. The summed E-state index contributed by atoms with van der Waals surface area (Å²) in [7, 11) is 0. The number of imidazole rings is 1. The molecule has 0 spiro atoms. The number of hydrogen-bond donors (Lipinski definition) is 3. The molecule has 1 atom stereocenters. The van der Waals surface area contributed by atoms with Crippen LogP contribution in [0, 0.1) is 0 Å². The second-order valence-corrected chi connectivity index (χ2v) is 8.48. The van der Waals surface area contributed by atoms with E-state index in [0.717, 1.165) is 10.9 Å². The van der Waals surface area contributed by atoms with E-state index in [1.54, 1.807) is 13.0 Å². The maximum atomic E-state index is 12.8. The van der Waals surface area contributed by atoms with Gasteiger partial charge in [0.15, 0.2) is 17.3 Å². The molecule has 4 rings (SSSR count). The van der Waals surface area contributed by atoms with E-state index in [4.69, 9.17) is 9.72 Å². The number of ether oxygens (including phenoxy) is 1. The van der Waals surface area contributed by atoms with Gasteiger partial charge in [0.1, 0.15) is 16.5 Å². The highest BCUT2D eigenvalue weighted by Gasteiger charge is 2.25. The van der Waals surface area contributed by atoms with Crippen LogP contribution in [0.2, 0.25) is 0 Å². The van der Waals surface area contributed by atoms with Gasteiger partial charge < -0.3 is 19.3 Å². The number of thiol groups is 1. The lowest BCUT2D eigenvalue weighted by Gasteiger charge is -2.10. The minimum absolute atomic E-state index is 0.126. The predicted octanol–water partition coefficient (Wildman–Crippen LogP) is 3.51. The Morgan fingerprint density at radius 3 is 2.74 bits per heavy atom. The molecule has 0 saturated heterocycles. The molecule has 3 heterocycles. The van der Waals surface area contributed by atoms with Crippen molar-refractivity contribution in [1.29, 1.82) is 0 Å². The van der Waals surface area contributed by atoms with Crippen molar-refractivity contribution in [1.82, 2.24) is 29.7 Å². The maximum Gasteiger partial charge on any atom is 0.323 e. The highest BCUT2D eigenvalue weighted by Crippen LogP contribution is 2.30. The monoisotopic (exact) mass is 494 g/mol. The van der Waals surface area contributed by atoms with Gasteiger partial charge in [-0.2, -0.15) is 12.6 Å². The molecule has 182 valence electrons. The SMILES string of the molecule is C=CCn1c2ccccc2c2nnc(C(S)c3[nH]c(=O)[nH]c3C(=O)CCCCC(=O)OCC)nc21. The molecule has 0 aliphatic heterocycles. The van der Waals surface area contributed by atoms with Crippen molar-refractivity contribution in [3.05, 3.63) is 64.6 Å². The van der Waals surface area contributed by atoms with Gasteiger partial charge in [0.2, 0.25) is 0 Å². The third-order valence-corrected chi connectivity index (χ3v) is 6.08. The molecular weight excluding hydrogens is 468 g/mol. The van der Waals surface area contributed by atoms with Gasteiger partial charge in [-0.25, -0.2) is 9.78 Å². The quantitative estimate of drug-likeness (QED) is 0.0954. The summed E-state index contributed by atoms with van der Waals surface area (Å²) in [5, 5.41) is 8.76. The van der Waals surface area contributed by atoms with Crippen LogP contribution in [-0.4, -0.2) is 48.1 Å². The Hall–Kier alpha value is -3.73. The Bertz CT molecular complexity index is 1450. The van der Waals surface area contributed by atoms with Gasteiger partial charge in [-0.1, -0.05) is 24.3 Å². The van der Waals surface area contributed by atoms with Gasteiger partial charge in [-0.15, -0.1) is 16.8 Å². The average Bonchev–Trinajstić information content (AvgIpc) is 3.40. The summed E-state index contributed by atoms with van der Waals surface area (Å²) in [6.45, 7) is 6.43. The zero-order chi connectivity index (χ0) is 24.9. The number of hydrogen-bond acceptors (Lipinski definition) is 8. The minimum atomic E-state index is -0.792. The first-order valence-corrected chi connectivity index (χ1v) is 11.9. The molecule has 0 aliphatic rings. The van der Waals surface area contributed by atoms with E-state index < -0.39 is 10.9 Å². The molecule has 10 nitrogen and oxygen atoms in total. The second-order valence-electron chi connectivity index (χ2n) is 7.96. The topological polar surface area (TPSA) is 136 Å². The summed E-state index contributed by atoms with van der Waals surface area (Å²) in [5.74, 6) is -0.309. The molecule has 0 aliphatic carbocycles. The van der Waals surface area contributed by atoms with Crippen molar-refractivity contribution >= 4 is 46.4 Å². The van der Waals surface area contributed by atoms with Crippen molar-refractivity contribution < 1.29 is 14.3 Å². The molecule has 3 aromatic heterocycles. The van der Waals surface area contributed by atoms with Crippen LogP contribution in [0.25, 0.3) is 22.1 Å². The molecule has 1 aromatic carbocycles. The van der Waals surface area contributed by atoms with Gasteiger partial charge in [-0.3, -0.25) is 9.59 Å². The van der Waals surface area contributed by atoms with Gasteiger partial charge in [0, 0.05) is 24.8 Å². The van der Waals surface area contributed by atoms with Crippen molar-refractivity contribution in [2.75, 3.05) is 6.61 Å². The number of nitrogens with zero attached hydrogens (tertiary/aromatic N) is 4. The molecule has 1 unspecified atom stereocenters. The van der Waals surface area contributed by atoms with Crippen LogP contribution in [0.15, 0.2) is 41.7 Å². The van der Waals surface area contributed by atoms with E-state index in [-0.39, 0.29) is 41.8 Å². The number of carbonyl (C=O) groups excluding carboxylic acids is 2. The second kappa shape index (κ2) is 10.7. The number of aromatic nitrogens is 6. The first-order chi connectivity index (χ1) is 16.9. The number of para-hydroxylation sites is 1. The molecule has 2 N–H and O–H groups in total. The third kappa shape index (κ3) is 5.04. The summed E-state index contributed by atoms with van der Waals surface area (Å²) >= 11 is 4.62. The number of aromatic amines is 2. The van der Waals surface area contributed by atoms with Crippen molar-refractivity contribution in [3.63, 3.8) is 0 Å². The van der Waals surface area contributed by atoms with E-state index in [9.17, 15) is 14.4 Å². The minimum Gasteiger partial charge on any atom is -0.466 e. The van der Waals surface area contributed by atoms with E-state index in [2.05, 4.69) is 39.4 Å². The maximum absolute atomic E-state index is 12.8. The van der Waals surface area contributed by atoms with Crippen LogP contribution in [-0.2, 0) is 16.1 Å². The lowest BCUT2D eigenvalue weighted by atomic mass is 10.1. The van der Waals surface area contributed by atoms with Crippen LogP contribution < -0.4 is 5.69 Å². The number of ketones is 1. The molecule has 4 aromatic rings. The van der Waals surface area contributed by atoms with Crippen LogP contribution in [0.3, 0.4) is 0 Å². The van der Waals surface area contributed by atoms with Crippen LogP contribution in [0.1, 0.15) is 59.9 Å². The number of benzene rings is 1.